The number of benzene rings is 3. The van der Waals surface area contributed by atoms with Gasteiger partial charge in [-0.15, -0.1) is 0 Å². The van der Waals surface area contributed by atoms with Crippen LogP contribution in [0, 0.1) is 18.6 Å². The smallest absolute Gasteiger partial charge is 0.338 e. The molecule has 2 atom stereocenters. The van der Waals surface area contributed by atoms with Crippen LogP contribution in [0.3, 0.4) is 0 Å². The second-order valence-electron chi connectivity index (χ2n) is 11.9. The molecule has 0 saturated carbocycles. The Morgan fingerprint density at radius 2 is 1.88 bits per heavy atom. The normalized spacial score (nSPS) is 22.2. The second kappa shape index (κ2) is 10.6. The zero-order valence-corrected chi connectivity index (χ0v) is 24.1. The lowest BCUT2D eigenvalue weighted by molar-refractivity contribution is -0.0712. The predicted octanol–water partition coefficient (Wildman–Crippen LogP) is 6.13. The number of para-hydroxylation sites is 1. The van der Waals surface area contributed by atoms with E-state index in [2.05, 4.69) is 16.0 Å². The molecule has 7 rings (SSSR count). The molecular weight excluding hydrogens is 556 g/mol. The van der Waals surface area contributed by atoms with Crippen LogP contribution in [0.1, 0.15) is 65.0 Å². The lowest BCUT2D eigenvalue weighted by atomic mass is 9.88. The van der Waals surface area contributed by atoms with Gasteiger partial charge in [0.1, 0.15) is 17.2 Å². The van der Waals surface area contributed by atoms with E-state index in [4.69, 9.17) is 14.2 Å². The first-order chi connectivity index (χ1) is 20.7. The Labute approximate surface area is 247 Å². The number of fused-ring (bicyclic) bond motifs is 2. The van der Waals surface area contributed by atoms with Gasteiger partial charge < -0.3 is 23.9 Å². The number of likely N-dealkylation sites (tertiary alicyclic amines) is 1. The van der Waals surface area contributed by atoms with E-state index in [-0.39, 0.29) is 28.9 Å². The van der Waals surface area contributed by atoms with Gasteiger partial charge in [0, 0.05) is 19.1 Å². The SMILES string of the molecule is Cc1ccc([C@@]2(C)Oc3cccc(C4CCN(Cc5nc6c(F)c(C(=O)O)ccc6n5C[C@@H]5CCO5)CC4)c3O2)c(F)c1. The van der Waals surface area contributed by atoms with Crippen molar-refractivity contribution < 1.29 is 32.9 Å². The van der Waals surface area contributed by atoms with Crippen molar-refractivity contribution in [2.24, 2.45) is 0 Å². The average molecular weight is 590 g/mol. The zero-order valence-electron chi connectivity index (χ0n) is 24.1. The third-order valence-corrected chi connectivity index (χ3v) is 8.97. The molecule has 0 radical (unpaired) electrons. The highest BCUT2D eigenvalue weighted by Crippen LogP contribution is 2.49. The van der Waals surface area contributed by atoms with Gasteiger partial charge >= 0.3 is 5.97 Å². The highest BCUT2D eigenvalue weighted by atomic mass is 19.1. The molecule has 2 fully saturated rings. The number of piperidine rings is 1. The molecule has 3 aromatic carbocycles. The fraction of sp³-hybridized carbons (Fsp3) is 0.394. The molecule has 4 aromatic rings. The number of aryl methyl sites for hydroxylation is 1. The molecule has 2 saturated heterocycles. The Balaban J connectivity index is 1.09. The van der Waals surface area contributed by atoms with Gasteiger partial charge in [-0.3, -0.25) is 4.90 Å². The van der Waals surface area contributed by atoms with Gasteiger partial charge in [-0.2, -0.15) is 0 Å². The molecule has 4 heterocycles. The number of nitrogens with zero attached hydrogens (tertiary/aromatic N) is 3. The van der Waals surface area contributed by atoms with E-state index in [0.717, 1.165) is 43.5 Å². The van der Waals surface area contributed by atoms with Crippen molar-refractivity contribution in [2.45, 2.75) is 64.0 Å². The van der Waals surface area contributed by atoms with Gasteiger partial charge in [0.2, 0.25) is 0 Å². The summed E-state index contributed by atoms with van der Waals surface area (Å²) in [6.45, 7) is 6.91. The van der Waals surface area contributed by atoms with Crippen LogP contribution in [0.2, 0.25) is 0 Å². The van der Waals surface area contributed by atoms with E-state index in [1.165, 1.54) is 12.1 Å². The van der Waals surface area contributed by atoms with Gasteiger partial charge in [-0.05, 0) is 81.1 Å². The summed E-state index contributed by atoms with van der Waals surface area (Å²) >= 11 is 0. The Bertz CT molecular complexity index is 1730. The maximum Gasteiger partial charge on any atom is 0.338 e. The molecule has 0 unspecified atom stereocenters. The molecule has 43 heavy (non-hydrogen) atoms. The first-order valence-corrected chi connectivity index (χ1v) is 14.7. The van der Waals surface area contributed by atoms with Gasteiger partial charge in [0.15, 0.2) is 17.3 Å². The molecule has 10 heteroatoms. The number of carboxylic acid groups (broad SMARTS) is 1. The summed E-state index contributed by atoms with van der Waals surface area (Å²) in [4.78, 5) is 18.4. The molecule has 224 valence electrons. The number of ether oxygens (including phenoxy) is 3. The molecule has 1 aromatic heterocycles. The van der Waals surface area contributed by atoms with Crippen LogP contribution in [0.25, 0.3) is 11.0 Å². The van der Waals surface area contributed by atoms with Crippen molar-refractivity contribution in [1.82, 2.24) is 14.5 Å². The Hall–Kier alpha value is -4.02. The summed E-state index contributed by atoms with van der Waals surface area (Å²) in [6.07, 6.45) is 2.67. The zero-order chi connectivity index (χ0) is 29.9. The van der Waals surface area contributed by atoms with Crippen LogP contribution >= 0.6 is 0 Å². The van der Waals surface area contributed by atoms with Crippen molar-refractivity contribution in [2.75, 3.05) is 19.7 Å². The molecule has 1 N–H and O–H groups in total. The topological polar surface area (TPSA) is 86.1 Å². The van der Waals surface area contributed by atoms with E-state index >= 15 is 4.39 Å². The lowest BCUT2D eigenvalue weighted by Crippen LogP contribution is -2.35. The molecule has 3 aliphatic rings. The van der Waals surface area contributed by atoms with Crippen molar-refractivity contribution in [3.05, 3.63) is 88.2 Å². The summed E-state index contributed by atoms with van der Waals surface area (Å²) in [5.41, 5.74) is 2.51. The van der Waals surface area contributed by atoms with E-state index in [9.17, 15) is 14.3 Å². The summed E-state index contributed by atoms with van der Waals surface area (Å²) in [5.74, 6) is -1.56. The number of aromatic carboxylic acids is 1. The molecule has 3 aliphatic heterocycles. The number of carboxylic acids is 1. The standard InChI is InChI=1S/C33H33F2N3O5/c1-19-6-8-24(25(34)16-19)33(2)42-27-5-3-4-22(31(27)43-33)20-10-13-37(14-11-20)18-28-36-30-26(38(28)17-21-12-15-41-21)9-7-23(29(30)35)32(39)40/h3-9,16,20-21H,10-15,17-18H2,1-2H3,(H,39,40)/t21-,33-/m0/s1. The largest absolute Gasteiger partial charge is 0.478 e. The molecule has 8 nitrogen and oxygen atoms in total. The Morgan fingerprint density at radius 1 is 1.09 bits per heavy atom. The quantitative estimate of drug-likeness (QED) is 0.277. The van der Waals surface area contributed by atoms with E-state index in [1.807, 2.05) is 29.7 Å². The number of halogens is 2. The van der Waals surface area contributed by atoms with Gasteiger partial charge in [-0.1, -0.05) is 18.2 Å². The molecule has 0 spiro atoms. The monoisotopic (exact) mass is 589 g/mol. The highest BCUT2D eigenvalue weighted by molar-refractivity contribution is 5.93. The number of hydrogen-bond acceptors (Lipinski definition) is 6. The first kappa shape index (κ1) is 27.8. The maximum atomic E-state index is 15.1. The van der Waals surface area contributed by atoms with Crippen LogP contribution in [-0.4, -0.2) is 51.3 Å². The molecular formula is C33H33F2N3O5. The van der Waals surface area contributed by atoms with Crippen LogP contribution in [-0.2, 0) is 23.6 Å². The molecule has 0 bridgehead atoms. The summed E-state index contributed by atoms with van der Waals surface area (Å²) in [5, 5.41) is 9.40. The lowest BCUT2D eigenvalue weighted by Gasteiger charge is -2.33. The van der Waals surface area contributed by atoms with Crippen LogP contribution in [0.4, 0.5) is 8.78 Å². The van der Waals surface area contributed by atoms with Crippen molar-refractivity contribution >= 4 is 17.0 Å². The van der Waals surface area contributed by atoms with Crippen LogP contribution in [0.5, 0.6) is 11.5 Å². The number of aromatic nitrogens is 2. The van der Waals surface area contributed by atoms with E-state index in [0.29, 0.717) is 48.1 Å². The second-order valence-corrected chi connectivity index (χ2v) is 11.9. The van der Waals surface area contributed by atoms with Gasteiger partial charge in [0.05, 0.1) is 35.8 Å². The van der Waals surface area contributed by atoms with Crippen LogP contribution < -0.4 is 9.47 Å². The predicted molar refractivity (Wildman–Crippen MR) is 154 cm³/mol. The van der Waals surface area contributed by atoms with Gasteiger partial charge in [-0.25, -0.2) is 18.6 Å². The minimum Gasteiger partial charge on any atom is -0.478 e. The third kappa shape index (κ3) is 4.92. The summed E-state index contributed by atoms with van der Waals surface area (Å²) in [7, 11) is 0. The first-order valence-electron chi connectivity index (χ1n) is 14.7. The van der Waals surface area contributed by atoms with Crippen molar-refractivity contribution in [3.63, 3.8) is 0 Å². The molecule has 0 aliphatic carbocycles. The highest BCUT2D eigenvalue weighted by Gasteiger charge is 2.43. The third-order valence-electron chi connectivity index (χ3n) is 8.97. The van der Waals surface area contributed by atoms with Crippen LogP contribution in [0.15, 0.2) is 48.5 Å². The number of imidazole rings is 1. The Morgan fingerprint density at radius 3 is 2.58 bits per heavy atom. The number of rotatable bonds is 7. The van der Waals surface area contributed by atoms with E-state index < -0.39 is 17.6 Å². The van der Waals surface area contributed by atoms with E-state index in [1.54, 1.807) is 19.1 Å². The average Bonchev–Trinajstić information content (AvgIpc) is 3.48. The minimum atomic E-state index is -1.31. The van der Waals surface area contributed by atoms with Crippen molar-refractivity contribution in [1.29, 1.82) is 0 Å². The molecule has 0 amide bonds. The fourth-order valence-electron chi connectivity index (χ4n) is 6.50. The van der Waals surface area contributed by atoms with Gasteiger partial charge in [0.25, 0.3) is 5.79 Å². The number of carbonyl (C=O) groups is 1. The fourth-order valence-corrected chi connectivity index (χ4v) is 6.50. The number of hydrogen-bond donors (Lipinski definition) is 1. The minimum absolute atomic E-state index is 0.0329. The van der Waals surface area contributed by atoms with Crippen molar-refractivity contribution in [3.8, 4) is 11.5 Å². The maximum absolute atomic E-state index is 15.1. The summed E-state index contributed by atoms with van der Waals surface area (Å²) < 4.78 is 50.2. The summed E-state index contributed by atoms with van der Waals surface area (Å²) in [6, 6.07) is 13.9. The Kier molecular flexibility index (Phi) is 6.85.